The van der Waals surface area contributed by atoms with Crippen molar-refractivity contribution in [2.75, 3.05) is 26.3 Å². The molecule has 0 aromatic heterocycles. The van der Waals surface area contributed by atoms with Crippen LogP contribution in [0.25, 0.3) is 0 Å². The molecule has 3 nitrogen and oxygen atoms in total. The fourth-order valence-electron chi connectivity index (χ4n) is 2.81. The first-order valence-electron chi connectivity index (χ1n) is 6.08. The number of aliphatic hydroxyl groups excluding tert-OH is 1. The number of piperidine rings is 1. The molecule has 88 valence electrons. The fraction of sp³-hybridized carbons (Fsp3) is 1.00. The number of rotatable bonds is 1. The van der Waals surface area contributed by atoms with E-state index in [0.717, 1.165) is 26.1 Å². The van der Waals surface area contributed by atoms with Gasteiger partial charge in [0.25, 0.3) is 0 Å². The summed E-state index contributed by atoms with van der Waals surface area (Å²) < 4.78 is 5.47. The first-order chi connectivity index (χ1) is 7.08. The Morgan fingerprint density at radius 2 is 2.20 bits per heavy atom. The van der Waals surface area contributed by atoms with Crippen LogP contribution in [0.1, 0.15) is 33.1 Å². The summed E-state index contributed by atoms with van der Waals surface area (Å²) in [5.41, 5.74) is 0.398. The molecular weight excluding hydrogens is 190 g/mol. The van der Waals surface area contributed by atoms with Crippen molar-refractivity contribution < 1.29 is 9.84 Å². The van der Waals surface area contributed by atoms with Crippen LogP contribution in [-0.4, -0.2) is 48.5 Å². The van der Waals surface area contributed by atoms with Crippen molar-refractivity contribution >= 4 is 0 Å². The zero-order chi connectivity index (χ0) is 10.9. The zero-order valence-corrected chi connectivity index (χ0v) is 9.91. The Bertz CT molecular complexity index is 218. The van der Waals surface area contributed by atoms with E-state index in [9.17, 15) is 5.11 Å². The smallest absolute Gasteiger partial charge is 0.0739 e. The summed E-state index contributed by atoms with van der Waals surface area (Å²) in [6.07, 6.45) is 3.15. The van der Waals surface area contributed by atoms with E-state index in [2.05, 4.69) is 18.7 Å². The van der Waals surface area contributed by atoms with E-state index in [4.69, 9.17) is 4.74 Å². The van der Waals surface area contributed by atoms with Crippen LogP contribution in [0, 0.1) is 5.41 Å². The van der Waals surface area contributed by atoms with Gasteiger partial charge in [0.2, 0.25) is 0 Å². The molecule has 2 heterocycles. The van der Waals surface area contributed by atoms with Crippen LogP contribution in [0.15, 0.2) is 0 Å². The summed E-state index contributed by atoms with van der Waals surface area (Å²) >= 11 is 0. The molecule has 1 N–H and O–H groups in total. The van der Waals surface area contributed by atoms with Crippen molar-refractivity contribution in [2.24, 2.45) is 5.41 Å². The summed E-state index contributed by atoms with van der Waals surface area (Å²) in [5.74, 6) is 0. The normalized spacial score (nSPS) is 37.8. The van der Waals surface area contributed by atoms with E-state index >= 15 is 0 Å². The number of nitrogens with zero attached hydrogens (tertiary/aromatic N) is 1. The second kappa shape index (κ2) is 4.40. The summed E-state index contributed by atoms with van der Waals surface area (Å²) in [5, 5.41) is 9.97. The van der Waals surface area contributed by atoms with Gasteiger partial charge in [-0.1, -0.05) is 13.8 Å². The second-order valence-corrected chi connectivity index (χ2v) is 5.74. The van der Waals surface area contributed by atoms with E-state index in [-0.39, 0.29) is 12.1 Å². The molecule has 3 heteroatoms. The van der Waals surface area contributed by atoms with Crippen molar-refractivity contribution in [3.8, 4) is 0 Å². The average molecular weight is 213 g/mol. The molecule has 2 aliphatic heterocycles. The average Bonchev–Trinajstić information content (AvgIpc) is 2.17. The maximum atomic E-state index is 9.97. The van der Waals surface area contributed by atoms with Gasteiger partial charge >= 0.3 is 0 Å². The maximum Gasteiger partial charge on any atom is 0.0739 e. The maximum absolute atomic E-state index is 9.97. The Morgan fingerprint density at radius 3 is 2.87 bits per heavy atom. The Hall–Kier alpha value is -0.120. The number of ether oxygens (including phenoxy) is 1. The van der Waals surface area contributed by atoms with E-state index < -0.39 is 0 Å². The highest BCUT2D eigenvalue weighted by Crippen LogP contribution is 2.30. The Labute approximate surface area is 92.4 Å². The second-order valence-electron chi connectivity index (χ2n) is 5.74. The molecule has 0 bridgehead atoms. The summed E-state index contributed by atoms with van der Waals surface area (Å²) in [6.45, 7) is 8.27. The van der Waals surface area contributed by atoms with Gasteiger partial charge in [0.15, 0.2) is 0 Å². The van der Waals surface area contributed by atoms with Crippen LogP contribution in [-0.2, 0) is 4.74 Å². The monoisotopic (exact) mass is 213 g/mol. The molecule has 15 heavy (non-hydrogen) atoms. The first-order valence-corrected chi connectivity index (χ1v) is 6.08. The molecular formula is C12H23NO2. The van der Waals surface area contributed by atoms with Crippen molar-refractivity contribution in [1.82, 2.24) is 4.90 Å². The molecule has 0 aliphatic carbocycles. The Balaban J connectivity index is 1.96. The SMILES string of the molecule is CC1(C)CCCN(C2COCCC2O)C1. The molecule has 2 fully saturated rings. The van der Waals surface area contributed by atoms with Gasteiger partial charge in [-0.3, -0.25) is 4.90 Å². The topological polar surface area (TPSA) is 32.7 Å². The van der Waals surface area contributed by atoms with Gasteiger partial charge in [-0.05, 0) is 31.2 Å². The lowest BCUT2D eigenvalue weighted by atomic mass is 9.83. The summed E-state index contributed by atoms with van der Waals surface area (Å²) in [6, 6.07) is 0.235. The largest absolute Gasteiger partial charge is 0.391 e. The molecule has 2 unspecified atom stereocenters. The molecule has 0 aromatic rings. The van der Waals surface area contributed by atoms with Crippen molar-refractivity contribution in [2.45, 2.75) is 45.3 Å². The molecule has 2 saturated heterocycles. The number of hydrogen-bond donors (Lipinski definition) is 1. The molecule has 2 aliphatic rings. The first kappa shape index (κ1) is 11.4. The quantitative estimate of drug-likeness (QED) is 0.712. The predicted octanol–water partition coefficient (Wildman–Crippen LogP) is 1.26. The number of likely N-dealkylation sites (tertiary alicyclic amines) is 1. The third kappa shape index (κ3) is 2.71. The van der Waals surface area contributed by atoms with Gasteiger partial charge in [-0.25, -0.2) is 0 Å². The lowest BCUT2D eigenvalue weighted by Gasteiger charge is -2.44. The summed E-state index contributed by atoms with van der Waals surface area (Å²) in [7, 11) is 0. The van der Waals surface area contributed by atoms with Gasteiger partial charge in [0.05, 0.1) is 18.8 Å². The summed E-state index contributed by atoms with van der Waals surface area (Å²) in [4.78, 5) is 2.42. The number of hydrogen-bond acceptors (Lipinski definition) is 3. The van der Waals surface area contributed by atoms with Gasteiger partial charge < -0.3 is 9.84 Å². The van der Waals surface area contributed by atoms with E-state index in [0.29, 0.717) is 12.0 Å². The van der Waals surface area contributed by atoms with Crippen LogP contribution < -0.4 is 0 Å². The van der Waals surface area contributed by atoms with Crippen LogP contribution >= 0.6 is 0 Å². The minimum absolute atomic E-state index is 0.187. The minimum atomic E-state index is -0.187. The number of aliphatic hydroxyl groups is 1. The molecule has 0 amide bonds. The lowest BCUT2D eigenvalue weighted by Crippen LogP contribution is -2.54. The van der Waals surface area contributed by atoms with Gasteiger partial charge in [-0.2, -0.15) is 0 Å². The van der Waals surface area contributed by atoms with E-state index in [1.54, 1.807) is 0 Å². The van der Waals surface area contributed by atoms with Crippen molar-refractivity contribution in [3.63, 3.8) is 0 Å². The lowest BCUT2D eigenvalue weighted by molar-refractivity contribution is -0.0779. The van der Waals surface area contributed by atoms with Crippen molar-refractivity contribution in [3.05, 3.63) is 0 Å². The van der Waals surface area contributed by atoms with Crippen LogP contribution in [0.3, 0.4) is 0 Å². The fourth-order valence-corrected chi connectivity index (χ4v) is 2.81. The molecule has 0 spiro atoms. The molecule has 0 radical (unpaired) electrons. The van der Waals surface area contributed by atoms with Gasteiger partial charge in [0, 0.05) is 13.2 Å². The third-order valence-electron chi connectivity index (χ3n) is 3.69. The zero-order valence-electron chi connectivity index (χ0n) is 9.91. The van der Waals surface area contributed by atoms with Crippen molar-refractivity contribution in [1.29, 1.82) is 0 Å². The third-order valence-corrected chi connectivity index (χ3v) is 3.69. The van der Waals surface area contributed by atoms with Gasteiger partial charge in [0.1, 0.15) is 0 Å². The minimum Gasteiger partial charge on any atom is -0.391 e. The molecule has 2 atom stereocenters. The van der Waals surface area contributed by atoms with Crippen LogP contribution in [0.4, 0.5) is 0 Å². The molecule has 0 saturated carbocycles. The highest BCUT2D eigenvalue weighted by atomic mass is 16.5. The predicted molar refractivity (Wildman–Crippen MR) is 59.8 cm³/mol. The molecule has 2 rings (SSSR count). The Morgan fingerprint density at radius 1 is 1.40 bits per heavy atom. The standard InChI is InChI=1S/C12H23NO2/c1-12(2)5-3-6-13(9-12)10-8-15-7-4-11(10)14/h10-11,14H,3-9H2,1-2H3. The van der Waals surface area contributed by atoms with Crippen LogP contribution in [0.5, 0.6) is 0 Å². The highest BCUT2D eigenvalue weighted by molar-refractivity contribution is 4.88. The Kier molecular flexibility index (Phi) is 3.33. The van der Waals surface area contributed by atoms with Gasteiger partial charge in [-0.15, -0.1) is 0 Å². The van der Waals surface area contributed by atoms with E-state index in [1.807, 2.05) is 0 Å². The highest BCUT2D eigenvalue weighted by Gasteiger charge is 2.35. The van der Waals surface area contributed by atoms with E-state index in [1.165, 1.54) is 12.8 Å². The van der Waals surface area contributed by atoms with Crippen LogP contribution in [0.2, 0.25) is 0 Å². The molecule has 0 aromatic carbocycles.